The van der Waals surface area contributed by atoms with Crippen LogP contribution in [-0.4, -0.2) is 14.2 Å². The van der Waals surface area contributed by atoms with Crippen molar-refractivity contribution in [2.24, 2.45) is 0 Å². The lowest BCUT2D eigenvalue weighted by atomic mass is 10.1. The SMILES string of the molecule is COc1c(/C=C\c2ccccc2I)ccc(/C=C\c2ccccc2I)c1OC. The van der Waals surface area contributed by atoms with Gasteiger partial charge >= 0.3 is 0 Å². The predicted octanol–water partition coefficient (Wildman–Crippen LogP) is 7.25. The van der Waals surface area contributed by atoms with Crippen LogP contribution in [0.2, 0.25) is 0 Å². The molecular formula is C24H20I2O2. The van der Waals surface area contributed by atoms with E-state index in [2.05, 4.69) is 106 Å². The molecule has 142 valence electrons. The van der Waals surface area contributed by atoms with Crippen molar-refractivity contribution in [2.45, 2.75) is 0 Å². The Bertz CT molecular complexity index is 940. The van der Waals surface area contributed by atoms with Gasteiger partial charge in [-0.25, -0.2) is 0 Å². The Balaban J connectivity index is 1.97. The smallest absolute Gasteiger partial charge is 0.168 e. The standard InChI is InChI=1S/C24H20I2O2/c1-27-23-19(13-11-17-7-3-5-9-21(17)25)15-16-20(24(23)28-2)14-12-18-8-4-6-10-22(18)26/h3-16H,1-2H3/b13-11-,14-12-. The molecule has 0 unspecified atom stereocenters. The minimum Gasteiger partial charge on any atom is -0.492 e. The van der Waals surface area contributed by atoms with E-state index in [4.69, 9.17) is 9.47 Å². The summed E-state index contributed by atoms with van der Waals surface area (Å²) in [5.74, 6) is 1.46. The minimum atomic E-state index is 0.731. The molecular weight excluding hydrogens is 574 g/mol. The van der Waals surface area contributed by atoms with Crippen molar-refractivity contribution in [3.05, 3.63) is 90.1 Å². The van der Waals surface area contributed by atoms with E-state index in [1.807, 2.05) is 24.3 Å². The lowest BCUT2D eigenvalue weighted by Crippen LogP contribution is -1.95. The Labute approximate surface area is 193 Å². The molecule has 0 spiro atoms. The van der Waals surface area contributed by atoms with Crippen LogP contribution in [0.1, 0.15) is 22.3 Å². The molecule has 3 rings (SSSR count). The van der Waals surface area contributed by atoms with Gasteiger partial charge in [0.1, 0.15) is 0 Å². The molecule has 0 bridgehead atoms. The first-order chi connectivity index (χ1) is 13.6. The van der Waals surface area contributed by atoms with Crippen molar-refractivity contribution in [2.75, 3.05) is 14.2 Å². The molecule has 3 aromatic carbocycles. The summed E-state index contributed by atoms with van der Waals surface area (Å²) in [4.78, 5) is 0. The van der Waals surface area contributed by atoms with Gasteiger partial charge in [-0.3, -0.25) is 0 Å². The number of ether oxygens (including phenoxy) is 2. The van der Waals surface area contributed by atoms with E-state index < -0.39 is 0 Å². The molecule has 0 aromatic heterocycles. The van der Waals surface area contributed by atoms with Gasteiger partial charge in [0.25, 0.3) is 0 Å². The van der Waals surface area contributed by atoms with Crippen LogP contribution in [0.3, 0.4) is 0 Å². The van der Waals surface area contributed by atoms with Gasteiger partial charge in [-0.15, -0.1) is 0 Å². The van der Waals surface area contributed by atoms with E-state index in [0.29, 0.717) is 0 Å². The quantitative estimate of drug-likeness (QED) is 0.221. The first kappa shape index (κ1) is 20.9. The highest BCUT2D eigenvalue weighted by Gasteiger charge is 2.12. The summed E-state index contributed by atoms with van der Waals surface area (Å²) >= 11 is 4.69. The maximum absolute atomic E-state index is 5.69. The van der Waals surface area contributed by atoms with E-state index in [-0.39, 0.29) is 0 Å². The molecule has 0 fully saturated rings. The summed E-state index contributed by atoms with van der Waals surface area (Å²) in [6, 6.07) is 20.7. The molecule has 0 aliphatic carbocycles. The molecule has 0 N–H and O–H groups in total. The molecule has 0 saturated carbocycles. The summed E-state index contributed by atoms with van der Waals surface area (Å²) in [5.41, 5.74) is 4.30. The lowest BCUT2D eigenvalue weighted by molar-refractivity contribution is 0.354. The fourth-order valence-corrected chi connectivity index (χ4v) is 3.99. The topological polar surface area (TPSA) is 18.5 Å². The highest BCUT2D eigenvalue weighted by molar-refractivity contribution is 14.1. The number of methoxy groups -OCH3 is 2. The summed E-state index contributed by atoms with van der Waals surface area (Å²) in [5, 5.41) is 0. The van der Waals surface area contributed by atoms with Gasteiger partial charge in [-0.05, 0) is 68.4 Å². The van der Waals surface area contributed by atoms with Crippen molar-refractivity contribution >= 4 is 69.5 Å². The van der Waals surface area contributed by atoms with E-state index in [1.165, 1.54) is 18.3 Å². The van der Waals surface area contributed by atoms with Crippen LogP contribution in [0.4, 0.5) is 0 Å². The number of hydrogen-bond donors (Lipinski definition) is 0. The minimum absolute atomic E-state index is 0.731. The first-order valence-corrected chi connectivity index (χ1v) is 10.9. The molecule has 0 aliphatic rings. The average molecular weight is 594 g/mol. The van der Waals surface area contributed by atoms with E-state index in [0.717, 1.165) is 22.6 Å². The van der Waals surface area contributed by atoms with Gasteiger partial charge in [0.15, 0.2) is 11.5 Å². The van der Waals surface area contributed by atoms with Crippen LogP contribution >= 0.6 is 45.2 Å². The molecule has 0 aliphatic heterocycles. The third kappa shape index (κ3) is 4.97. The summed E-state index contributed by atoms with van der Waals surface area (Å²) in [6.07, 6.45) is 8.32. The second-order valence-corrected chi connectivity index (χ2v) is 8.34. The second kappa shape index (κ2) is 10.1. The van der Waals surface area contributed by atoms with E-state index in [1.54, 1.807) is 14.2 Å². The van der Waals surface area contributed by atoms with E-state index in [9.17, 15) is 0 Å². The summed E-state index contributed by atoms with van der Waals surface area (Å²) in [7, 11) is 3.35. The molecule has 0 radical (unpaired) electrons. The third-order valence-corrected chi connectivity index (χ3v) is 6.24. The van der Waals surface area contributed by atoms with Crippen LogP contribution in [-0.2, 0) is 0 Å². The van der Waals surface area contributed by atoms with Gasteiger partial charge in [0, 0.05) is 18.3 Å². The van der Waals surface area contributed by atoms with Gasteiger partial charge < -0.3 is 9.47 Å². The van der Waals surface area contributed by atoms with Crippen molar-refractivity contribution in [1.82, 2.24) is 0 Å². The number of rotatable bonds is 6. The zero-order valence-electron chi connectivity index (χ0n) is 15.7. The highest BCUT2D eigenvalue weighted by atomic mass is 127. The van der Waals surface area contributed by atoms with Gasteiger partial charge in [-0.2, -0.15) is 0 Å². The van der Waals surface area contributed by atoms with Crippen LogP contribution < -0.4 is 9.47 Å². The normalized spacial score (nSPS) is 11.3. The molecule has 0 saturated heterocycles. The second-order valence-electron chi connectivity index (χ2n) is 6.02. The zero-order chi connectivity index (χ0) is 19.9. The highest BCUT2D eigenvalue weighted by Crippen LogP contribution is 2.37. The lowest BCUT2D eigenvalue weighted by Gasteiger charge is -2.13. The first-order valence-electron chi connectivity index (χ1n) is 8.74. The molecule has 0 amide bonds. The van der Waals surface area contributed by atoms with E-state index >= 15 is 0 Å². The Morgan fingerprint density at radius 2 is 0.893 bits per heavy atom. The number of benzene rings is 3. The predicted molar refractivity (Wildman–Crippen MR) is 136 cm³/mol. The van der Waals surface area contributed by atoms with Crippen LogP contribution in [0, 0.1) is 7.14 Å². The Morgan fingerprint density at radius 1 is 0.536 bits per heavy atom. The maximum atomic E-state index is 5.69. The Morgan fingerprint density at radius 3 is 1.25 bits per heavy atom. The molecule has 0 heterocycles. The van der Waals surface area contributed by atoms with Gasteiger partial charge in [0.05, 0.1) is 14.2 Å². The number of halogens is 2. The zero-order valence-corrected chi connectivity index (χ0v) is 20.0. The van der Waals surface area contributed by atoms with Crippen LogP contribution in [0.25, 0.3) is 24.3 Å². The fraction of sp³-hybridized carbons (Fsp3) is 0.0833. The Kier molecular flexibility index (Phi) is 7.56. The molecule has 4 heteroatoms. The molecule has 2 nitrogen and oxygen atoms in total. The van der Waals surface area contributed by atoms with Gasteiger partial charge in [-0.1, -0.05) is 72.8 Å². The maximum Gasteiger partial charge on any atom is 0.168 e. The van der Waals surface area contributed by atoms with Crippen molar-refractivity contribution in [1.29, 1.82) is 0 Å². The largest absolute Gasteiger partial charge is 0.492 e. The third-order valence-electron chi connectivity index (χ3n) is 4.28. The van der Waals surface area contributed by atoms with Crippen molar-refractivity contribution in [3.63, 3.8) is 0 Å². The number of hydrogen-bond acceptors (Lipinski definition) is 2. The molecule has 3 aromatic rings. The van der Waals surface area contributed by atoms with Crippen LogP contribution in [0.5, 0.6) is 11.5 Å². The molecule has 0 atom stereocenters. The summed E-state index contributed by atoms with van der Waals surface area (Å²) < 4.78 is 13.8. The monoisotopic (exact) mass is 594 g/mol. The summed E-state index contributed by atoms with van der Waals surface area (Å²) in [6.45, 7) is 0. The Hall–Kier alpha value is -1.80. The van der Waals surface area contributed by atoms with Crippen LogP contribution in [0.15, 0.2) is 60.7 Å². The fourth-order valence-electron chi connectivity index (χ4n) is 2.86. The molecule has 28 heavy (non-hydrogen) atoms. The van der Waals surface area contributed by atoms with Crippen molar-refractivity contribution < 1.29 is 9.47 Å². The van der Waals surface area contributed by atoms with Crippen molar-refractivity contribution in [3.8, 4) is 11.5 Å². The average Bonchev–Trinajstić information content (AvgIpc) is 2.72. The van der Waals surface area contributed by atoms with Gasteiger partial charge in [0.2, 0.25) is 0 Å².